The summed E-state index contributed by atoms with van der Waals surface area (Å²) in [5.74, 6) is 0.129. The first kappa shape index (κ1) is 13.4. The summed E-state index contributed by atoms with van der Waals surface area (Å²) in [6, 6.07) is 0.429. The second kappa shape index (κ2) is 6.82. The van der Waals surface area contributed by atoms with Crippen LogP contribution in [0.1, 0.15) is 40.5 Å². The van der Waals surface area contributed by atoms with Crippen molar-refractivity contribution in [1.29, 1.82) is 0 Å². The Labute approximate surface area is 86.9 Å². The number of hydrogen-bond donors (Lipinski definition) is 2. The van der Waals surface area contributed by atoms with Gasteiger partial charge in [-0.2, -0.15) is 0 Å². The van der Waals surface area contributed by atoms with Crippen LogP contribution in [-0.4, -0.2) is 23.7 Å². The molecule has 1 atom stereocenters. The van der Waals surface area contributed by atoms with E-state index in [1.165, 1.54) is 0 Å². The van der Waals surface area contributed by atoms with Gasteiger partial charge in [0.05, 0.1) is 0 Å². The predicted molar refractivity (Wildman–Crippen MR) is 58.3 cm³/mol. The number of nitrogens with one attached hydrogen (secondary N) is 1. The number of rotatable bonds is 7. The molecule has 0 amide bonds. The van der Waals surface area contributed by atoms with Crippen molar-refractivity contribution in [3.05, 3.63) is 0 Å². The van der Waals surface area contributed by atoms with Gasteiger partial charge in [-0.25, -0.2) is 0 Å². The normalized spacial score (nSPS) is 13.6. The minimum Gasteiger partial charge on any atom is -0.481 e. The topological polar surface area (TPSA) is 49.3 Å². The van der Waals surface area contributed by atoms with Gasteiger partial charge in [0.1, 0.15) is 0 Å². The number of aliphatic carboxylic acids is 1. The van der Waals surface area contributed by atoms with Crippen molar-refractivity contribution in [2.75, 3.05) is 6.54 Å². The number of hydrogen-bond acceptors (Lipinski definition) is 2. The summed E-state index contributed by atoms with van der Waals surface area (Å²) in [5.41, 5.74) is 0. The lowest BCUT2D eigenvalue weighted by atomic mass is 9.94. The van der Waals surface area contributed by atoms with Crippen molar-refractivity contribution in [3.8, 4) is 0 Å². The number of carboxylic acids is 1. The second-order valence-electron chi connectivity index (χ2n) is 4.66. The molecule has 0 aliphatic carbocycles. The smallest absolute Gasteiger partial charge is 0.303 e. The lowest BCUT2D eigenvalue weighted by Crippen LogP contribution is -2.30. The maximum absolute atomic E-state index is 10.6. The summed E-state index contributed by atoms with van der Waals surface area (Å²) in [6.45, 7) is 9.22. The molecular formula is C11H23NO2. The molecule has 3 heteroatoms. The first-order chi connectivity index (χ1) is 6.41. The highest BCUT2D eigenvalue weighted by Gasteiger charge is 2.14. The molecule has 0 aromatic carbocycles. The highest BCUT2D eigenvalue weighted by molar-refractivity contribution is 5.67. The predicted octanol–water partition coefficient (Wildman–Crippen LogP) is 2.12. The highest BCUT2D eigenvalue weighted by atomic mass is 16.4. The van der Waals surface area contributed by atoms with E-state index in [0.29, 0.717) is 12.0 Å². The SMILES string of the molecule is CC(C)C[C@H](CNC(C)C)CC(=O)O. The van der Waals surface area contributed by atoms with E-state index in [0.717, 1.165) is 13.0 Å². The molecule has 84 valence electrons. The standard InChI is InChI=1S/C11H23NO2/c1-8(2)5-10(6-11(13)14)7-12-9(3)4/h8-10,12H,5-7H2,1-4H3,(H,13,14)/t10-/m0/s1. The van der Waals surface area contributed by atoms with Crippen LogP contribution in [0.15, 0.2) is 0 Å². The zero-order valence-electron chi connectivity index (χ0n) is 9.71. The zero-order chi connectivity index (χ0) is 11.1. The van der Waals surface area contributed by atoms with E-state index in [9.17, 15) is 4.79 Å². The van der Waals surface area contributed by atoms with Crippen molar-refractivity contribution in [2.24, 2.45) is 11.8 Å². The maximum Gasteiger partial charge on any atom is 0.303 e. The molecule has 3 nitrogen and oxygen atoms in total. The fraction of sp³-hybridized carbons (Fsp3) is 0.909. The Morgan fingerprint density at radius 1 is 1.29 bits per heavy atom. The molecule has 2 N–H and O–H groups in total. The molecule has 0 aliphatic heterocycles. The Hall–Kier alpha value is -0.570. The van der Waals surface area contributed by atoms with Crippen molar-refractivity contribution < 1.29 is 9.90 Å². The van der Waals surface area contributed by atoms with E-state index in [4.69, 9.17) is 5.11 Å². The van der Waals surface area contributed by atoms with Crippen molar-refractivity contribution in [3.63, 3.8) is 0 Å². The van der Waals surface area contributed by atoms with Crippen LogP contribution in [0, 0.1) is 11.8 Å². The van der Waals surface area contributed by atoms with E-state index in [-0.39, 0.29) is 12.3 Å². The summed E-state index contributed by atoms with van der Waals surface area (Å²) >= 11 is 0. The van der Waals surface area contributed by atoms with Gasteiger partial charge in [-0.05, 0) is 24.8 Å². The maximum atomic E-state index is 10.6. The van der Waals surface area contributed by atoms with E-state index >= 15 is 0 Å². The molecule has 0 bridgehead atoms. The van der Waals surface area contributed by atoms with Crippen molar-refractivity contribution in [2.45, 2.75) is 46.6 Å². The van der Waals surface area contributed by atoms with Crippen LogP contribution in [0.2, 0.25) is 0 Å². The molecule has 0 aromatic rings. The average Bonchev–Trinajstić information content (AvgIpc) is 1.97. The van der Waals surface area contributed by atoms with Gasteiger partial charge in [0.15, 0.2) is 0 Å². The van der Waals surface area contributed by atoms with Gasteiger partial charge >= 0.3 is 5.97 Å². The molecule has 0 aliphatic rings. The van der Waals surface area contributed by atoms with Gasteiger partial charge in [0.25, 0.3) is 0 Å². The van der Waals surface area contributed by atoms with E-state index in [2.05, 4.69) is 33.0 Å². The van der Waals surface area contributed by atoms with Crippen LogP contribution in [-0.2, 0) is 4.79 Å². The number of carboxylic acid groups (broad SMARTS) is 1. The molecule has 0 aromatic heterocycles. The van der Waals surface area contributed by atoms with Crippen LogP contribution in [0.3, 0.4) is 0 Å². The Bertz CT molecular complexity index is 167. The lowest BCUT2D eigenvalue weighted by molar-refractivity contribution is -0.138. The lowest BCUT2D eigenvalue weighted by Gasteiger charge is -2.19. The van der Waals surface area contributed by atoms with Gasteiger partial charge in [-0.15, -0.1) is 0 Å². The average molecular weight is 201 g/mol. The fourth-order valence-corrected chi connectivity index (χ4v) is 1.55. The molecule has 0 saturated carbocycles. The monoisotopic (exact) mass is 201 g/mol. The highest BCUT2D eigenvalue weighted by Crippen LogP contribution is 2.14. The first-order valence-electron chi connectivity index (χ1n) is 5.37. The molecule has 0 unspecified atom stereocenters. The van der Waals surface area contributed by atoms with Crippen LogP contribution in [0.25, 0.3) is 0 Å². The van der Waals surface area contributed by atoms with E-state index in [1.54, 1.807) is 0 Å². The molecule has 0 rings (SSSR count). The summed E-state index contributed by atoms with van der Waals surface area (Å²) in [5, 5.41) is 12.0. The third kappa shape index (κ3) is 8.05. The first-order valence-corrected chi connectivity index (χ1v) is 5.37. The summed E-state index contributed by atoms with van der Waals surface area (Å²) < 4.78 is 0. The summed E-state index contributed by atoms with van der Waals surface area (Å²) in [7, 11) is 0. The van der Waals surface area contributed by atoms with Crippen LogP contribution in [0.4, 0.5) is 0 Å². The Morgan fingerprint density at radius 2 is 1.86 bits per heavy atom. The van der Waals surface area contributed by atoms with Gasteiger partial charge in [-0.1, -0.05) is 27.7 Å². The van der Waals surface area contributed by atoms with Crippen molar-refractivity contribution in [1.82, 2.24) is 5.32 Å². The summed E-state index contributed by atoms with van der Waals surface area (Å²) in [4.78, 5) is 10.6. The fourth-order valence-electron chi connectivity index (χ4n) is 1.55. The van der Waals surface area contributed by atoms with Gasteiger partial charge in [0.2, 0.25) is 0 Å². The second-order valence-corrected chi connectivity index (χ2v) is 4.66. The molecule has 0 saturated heterocycles. The Kier molecular flexibility index (Phi) is 6.54. The molecule has 0 spiro atoms. The van der Waals surface area contributed by atoms with Crippen molar-refractivity contribution >= 4 is 5.97 Å². The number of carbonyl (C=O) groups is 1. The van der Waals surface area contributed by atoms with E-state index in [1.807, 2.05) is 0 Å². The van der Waals surface area contributed by atoms with E-state index < -0.39 is 5.97 Å². The van der Waals surface area contributed by atoms with Crippen LogP contribution >= 0.6 is 0 Å². The third-order valence-corrected chi connectivity index (χ3v) is 2.08. The zero-order valence-corrected chi connectivity index (χ0v) is 9.71. The molecule has 0 fully saturated rings. The van der Waals surface area contributed by atoms with Gasteiger partial charge in [-0.3, -0.25) is 4.79 Å². The van der Waals surface area contributed by atoms with Crippen LogP contribution in [0.5, 0.6) is 0 Å². The largest absolute Gasteiger partial charge is 0.481 e. The molecule has 0 radical (unpaired) electrons. The Morgan fingerprint density at radius 3 is 2.21 bits per heavy atom. The van der Waals surface area contributed by atoms with Crippen LogP contribution < -0.4 is 5.32 Å². The molecule has 0 heterocycles. The Balaban J connectivity index is 3.90. The molecule has 14 heavy (non-hydrogen) atoms. The summed E-state index contributed by atoms with van der Waals surface area (Å²) in [6.07, 6.45) is 1.25. The minimum absolute atomic E-state index is 0.259. The van der Waals surface area contributed by atoms with Gasteiger partial charge < -0.3 is 10.4 Å². The van der Waals surface area contributed by atoms with Gasteiger partial charge in [0, 0.05) is 12.5 Å². The quantitative estimate of drug-likeness (QED) is 0.663. The third-order valence-electron chi connectivity index (χ3n) is 2.08. The molecular weight excluding hydrogens is 178 g/mol. The minimum atomic E-state index is -0.693.